The fourth-order valence-electron chi connectivity index (χ4n) is 3.09. The van der Waals surface area contributed by atoms with Crippen LogP contribution in [0.25, 0.3) is 0 Å². The van der Waals surface area contributed by atoms with Crippen molar-refractivity contribution < 1.29 is 4.74 Å². The fourth-order valence-corrected chi connectivity index (χ4v) is 3.09. The summed E-state index contributed by atoms with van der Waals surface area (Å²) >= 11 is 0. The summed E-state index contributed by atoms with van der Waals surface area (Å²) in [4.78, 5) is 6.90. The van der Waals surface area contributed by atoms with Crippen molar-refractivity contribution in [3.8, 4) is 0 Å². The zero-order chi connectivity index (χ0) is 14.2. The Morgan fingerprint density at radius 2 is 2.10 bits per heavy atom. The number of hydrogen-bond acceptors (Lipinski definition) is 3. The number of hydrogen-bond donors (Lipinski definition) is 2. The average Bonchev–Trinajstić information content (AvgIpc) is 3.15. The van der Waals surface area contributed by atoms with Gasteiger partial charge in [-0.05, 0) is 45.2 Å². The Morgan fingerprint density at radius 3 is 2.70 bits per heavy atom. The molecule has 2 N–H and O–H groups in total. The molecule has 116 valence electrons. The van der Waals surface area contributed by atoms with E-state index in [1.807, 2.05) is 7.05 Å². The van der Waals surface area contributed by atoms with E-state index in [9.17, 15) is 0 Å². The minimum Gasteiger partial charge on any atom is -0.376 e. The molecule has 5 nitrogen and oxygen atoms in total. The molecule has 2 aliphatic rings. The third kappa shape index (κ3) is 4.63. The van der Waals surface area contributed by atoms with Crippen LogP contribution in [0.3, 0.4) is 0 Å². The largest absolute Gasteiger partial charge is 0.376 e. The van der Waals surface area contributed by atoms with E-state index in [2.05, 4.69) is 27.4 Å². The molecule has 0 aliphatic carbocycles. The molecule has 2 heterocycles. The van der Waals surface area contributed by atoms with E-state index in [1.165, 1.54) is 38.8 Å². The van der Waals surface area contributed by atoms with E-state index in [0.717, 1.165) is 32.1 Å². The van der Waals surface area contributed by atoms with Crippen molar-refractivity contribution in [2.24, 2.45) is 4.99 Å². The van der Waals surface area contributed by atoms with Gasteiger partial charge in [0.25, 0.3) is 0 Å². The molecule has 2 aliphatic heterocycles. The molecule has 2 rings (SSSR count). The Balaban J connectivity index is 1.68. The van der Waals surface area contributed by atoms with E-state index in [0.29, 0.717) is 12.1 Å². The van der Waals surface area contributed by atoms with E-state index in [1.54, 1.807) is 0 Å². The molecule has 2 unspecified atom stereocenters. The van der Waals surface area contributed by atoms with Gasteiger partial charge in [-0.25, -0.2) is 0 Å². The molecular formula is C15H30N4O. The first-order chi connectivity index (χ1) is 9.83. The standard InChI is InChI=1S/C15H30N4O/c1-3-13(19-8-4-5-9-19)11-17-15(16-2)18-12-14-7-6-10-20-14/h13-14H,3-12H2,1-2H3,(H2,16,17,18). The summed E-state index contributed by atoms with van der Waals surface area (Å²) in [6.07, 6.45) is 6.59. The second-order valence-corrected chi connectivity index (χ2v) is 5.77. The number of aliphatic imine (C=N–C) groups is 1. The fraction of sp³-hybridized carbons (Fsp3) is 0.933. The molecule has 20 heavy (non-hydrogen) atoms. The summed E-state index contributed by atoms with van der Waals surface area (Å²) in [7, 11) is 1.83. The van der Waals surface area contributed by atoms with E-state index in [4.69, 9.17) is 4.74 Å². The van der Waals surface area contributed by atoms with Gasteiger partial charge in [-0.15, -0.1) is 0 Å². The average molecular weight is 282 g/mol. The van der Waals surface area contributed by atoms with Crippen molar-refractivity contribution in [1.29, 1.82) is 0 Å². The highest BCUT2D eigenvalue weighted by Crippen LogP contribution is 2.13. The zero-order valence-electron chi connectivity index (χ0n) is 13.0. The molecular weight excluding hydrogens is 252 g/mol. The predicted octanol–water partition coefficient (Wildman–Crippen LogP) is 1.20. The van der Waals surface area contributed by atoms with Crippen molar-refractivity contribution in [3.63, 3.8) is 0 Å². The van der Waals surface area contributed by atoms with Crippen LogP contribution in [0.4, 0.5) is 0 Å². The lowest BCUT2D eigenvalue weighted by atomic mass is 10.2. The SMILES string of the molecule is CCC(CNC(=NC)NCC1CCCO1)N1CCCC1. The maximum absolute atomic E-state index is 5.62. The van der Waals surface area contributed by atoms with Crippen molar-refractivity contribution in [1.82, 2.24) is 15.5 Å². The predicted molar refractivity (Wildman–Crippen MR) is 83.2 cm³/mol. The van der Waals surface area contributed by atoms with E-state index in [-0.39, 0.29) is 0 Å². The van der Waals surface area contributed by atoms with Gasteiger partial charge in [-0.2, -0.15) is 0 Å². The first-order valence-electron chi connectivity index (χ1n) is 8.13. The van der Waals surface area contributed by atoms with Gasteiger partial charge in [-0.3, -0.25) is 9.89 Å². The van der Waals surface area contributed by atoms with Crippen LogP contribution in [0.1, 0.15) is 39.0 Å². The molecule has 0 aromatic carbocycles. The van der Waals surface area contributed by atoms with Gasteiger partial charge in [0.2, 0.25) is 0 Å². The molecule has 2 atom stereocenters. The summed E-state index contributed by atoms with van der Waals surface area (Å²) < 4.78 is 5.62. The van der Waals surface area contributed by atoms with Crippen LogP contribution in [0.2, 0.25) is 0 Å². The monoisotopic (exact) mass is 282 g/mol. The van der Waals surface area contributed by atoms with Gasteiger partial charge in [-0.1, -0.05) is 6.92 Å². The van der Waals surface area contributed by atoms with Gasteiger partial charge < -0.3 is 15.4 Å². The van der Waals surface area contributed by atoms with Crippen LogP contribution in [0.5, 0.6) is 0 Å². The smallest absolute Gasteiger partial charge is 0.191 e. The van der Waals surface area contributed by atoms with Crippen molar-refractivity contribution in [3.05, 3.63) is 0 Å². The topological polar surface area (TPSA) is 48.9 Å². The first kappa shape index (κ1) is 15.6. The number of rotatable bonds is 6. The van der Waals surface area contributed by atoms with Gasteiger partial charge in [0, 0.05) is 32.8 Å². The van der Waals surface area contributed by atoms with Gasteiger partial charge in [0.1, 0.15) is 0 Å². The second kappa shape index (κ2) is 8.47. The quantitative estimate of drug-likeness (QED) is 0.568. The molecule has 0 spiro atoms. The highest BCUT2D eigenvalue weighted by atomic mass is 16.5. The number of nitrogens with zero attached hydrogens (tertiary/aromatic N) is 2. The van der Waals surface area contributed by atoms with E-state index < -0.39 is 0 Å². The van der Waals surface area contributed by atoms with Crippen LogP contribution in [0.15, 0.2) is 4.99 Å². The molecule has 2 fully saturated rings. The van der Waals surface area contributed by atoms with Crippen LogP contribution in [-0.2, 0) is 4.74 Å². The Hall–Kier alpha value is -0.810. The van der Waals surface area contributed by atoms with Crippen molar-refractivity contribution in [2.45, 2.75) is 51.2 Å². The lowest BCUT2D eigenvalue weighted by Crippen LogP contribution is -2.47. The maximum atomic E-state index is 5.62. The summed E-state index contributed by atoms with van der Waals surface area (Å²) in [5.74, 6) is 0.901. The molecule has 0 bridgehead atoms. The number of ether oxygens (including phenoxy) is 1. The van der Waals surface area contributed by atoms with Crippen molar-refractivity contribution >= 4 is 5.96 Å². The van der Waals surface area contributed by atoms with Crippen LogP contribution < -0.4 is 10.6 Å². The molecule has 0 aromatic rings. The molecule has 0 aromatic heterocycles. The van der Waals surface area contributed by atoms with Crippen molar-refractivity contribution in [2.75, 3.05) is 39.8 Å². The first-order valence-corrected chi connectivity index (χ1v) is 8.13. The molecule has 0 saturated carbocycles. The Morgan fingerprint density at radius 1 is 1.30 bits per heavy atom. The Kier molecular flexibility index (Phi) is 6.60. The van der Waals surface area contributed by atoms with Gasteiger partial charge in [0.05, 0.1) is 6.10 Å². The third-order valence-electron chi connectivity index (χ3n) is 4.38. The van der Waals surface area contributed by atoms with Gasteiger partial charge in [0.15, 0.2) is 5.96 Å². The normalized spacial score (nSPS) is 25.9. The van der Waals surface area contributed by atoms with Gasteiger partial charge >= 0.3 is 0 Å². The minimum atomic E-state index is 0.356. The number of guanidine groups is 1. The Labute approximate surface area is 123 Å². The Bertz CT molecular complexity index is 296. The minimum absolute atomic E-state index is 0.356. The highest BCUT2D eigenvalue weighted by Gasteiger charge is 2.20. The molecule has 5 heteroatoms. The summed E-state index contributed by atoms with van der Waals surface area (Å²) in [5.41, 5.74) is 0. The highest BCUT2D eigenvalue weighted by molar-refractivity contribution is 5.79. The molecule has 0 radical (unpaired) electrons. The van der Waals surface area contributed by atoms with Crippen LogP contribution in [-0.4, -0.2) is 62.8 Å². The molecule has 0 amide bonds. The van der Waals surface area contributed by atoms with Crippen LogP contribution in [0, 0.1) is 0 Å². The number of nitrogens with one attached hydrogen (secondary N) is 2. The summed E-state index contributed by atoms with van der Waals surface area (Å²) in [6, 6.07) is 0.624. The molecule has 2 saturated heterocycles. The second-order valence-electron chi connectivity index (χ2n) is 5.77. The lowest BCUT2D eigenvalue weighted by Gasteiger charge is -2.27. The zero-order valence-corrected chi connectivity index (χ0v) is 13.0. The van der Waals surface area contributed by atoms with Crippen LogP contribution >= 0.6 is 0 Å². The maximum Gasteiger partial charge on any atom is 0.191 e. The van der Waals surface area contributed by atoms with E-state index >= 15 is 0 Å². The summed E-state index contributed by atoms with van der Waals surface area (Å²) in [6.45, 7) is 7.52. The third-order valence-corrected chi connectivity index (χ3v) is 4.38. The lowest BCUT2D eigenvalue weighted by molar-refractivity contribution is 0.113. The number of likely N-dealkylation sites (tertiary alicyclic amines) is 1. The summed E-state index contributed by atoms with van der Waals surface area (Å²) in [5, 5.41) is 6.84.